The van der Waals surface area contributed by atoms with Crippen molar-refractivity contribution in [2.45, 2.75) is 26.0 Å². The van der Waals surface area contributed by atoms with Crippen molar-refractivity contribution in [3.8, 4) is 0 Å². The third kappa shape index (κ3) is 5.67. The number of carbonyl (C=O) groups excluding carboxylic acids is 2. The van der Waals surface area contributed by atoms with Gasteiger partial charge in [0.15, 0.2) is 6.23 Å². The van der Waals surface area contributed by atoms with Crippen LogP contribution in [0, 0.1) is 0 Å². The summed E-state index contributed by atoms with van der Waals surface area (Å²) in [6, 6.07) is 0. The van der Waals surface area contributed by atoms with Crippen molar-refractivity contribution in [1.29, 1.82) is 0 Å². The summed E-state index contributed by atoms with van der Waals surface area (Å²) in [6.07, 6.45) is 0.269. The molecule has 5 nitrogen and oxygen atoms in total. The van der Waals surface area contributed by atoms with Gasteiger partial charge in [-0.2, -0.15) is 0 Å². The summed E-state index contributed by atoms with van der Waals surface area (Å²) in [5.41, 5.74) is 0. The molecular weight excluding hydrogens is 162 g/mol. The Labute approximate surface area is 70.7 Å². The highest BCUT2D eigenvalue weighted by Gasteiger charge is 2.05. The molecule has 0 saturated carbocycles. The molecule has 0 aliphatic carbocycles. The van der Waals surface area contributed by atoms with Gasteiger partial charge in [-0.05, 0) is 6.42 Å². The summed E-state index contributed by atoms with van der Waals surface area (Å²) < 4.78 is 4.59. The van der Waals surface area contributed by atoms with E-state index in [0.29, 0.717) is 19.3 Å². The van der Waals surface area contributed by atoms with Crippen molar-refractivity contribution in [3.63, 3.8) is 0 Å². The minimum Gasteiger partial charge on any atom is -0.461 e. The highest BCUT2D eigenvalue weighted by molar-refractivity contribution is 5.69. The number of hydrogen-bond donors (Lipinski definition) is 2. The van der Waals surface area contributed by atoms with Crippen LogP contribution in [0.25, 0.3) is 0 Å². The molecule has 0 aromatic rings. The Kier molecular flexibility index (Phi) is 6.00. The fourth-order valence-electron chi connectivity index (χ4n) is 0.575. The zero-order chi connectivity index (χ0) is 9.40. The third-order valence-electron chi connectivity index (χ3n) is 1.12. The Hall–Kier alpha value is -1.10. The van der Waals surface area contributed by atoms with Gasteiger partial charge in [-0.15, -0.1) is 0 Å². The van der Waals surface area contributed by atoms with Crippen LogP contribution in [-0.4, -0.2) is 30.3 Å². The molecule has 0 bridgehead atoms. The quantitative estimate of drug-likeness (QED) is 0.321. The Morgan fingerprint density at radius 1 is 1.75 bits per heavy atom. The average molecular weight is 175 g/mol. The van der Waals surface area contributed by atoms with E-state index >= 15 is 0 Å². The molecule has 0 fully saturated rings. The first kappa shape index (κ1) is 10.9. The SMILES string of the molecule is CCCC(=O)OCC(O)NC=O. The highest BCUT2D eigenvalue weighted by atomic mass is 16.5. The number of aliphatic hydroxyl groups is 1. The molecular formula is C7H13NO4. The summed E-state index contributed by atoms with van der Waals surface area (Å²) in [6.45, 7) is 1.65. The van der Waals surface area contributed by atoms with Crippen LogP contribution in [0.15, 0.2) is 0 Å². The Bertz CT molecular complexity index is 148. The monoisotopic (exact) mass is 175 g/mol. The van der Waals surface area contributed by atoms with E-state index in [4.69, 9.17) is 5.11 Å². The molecule has 0 saturated heterocycles. The number of carbonyl (C=O) groups is 2. The number of aliphatic hydroxyl groups excluding tert-OH is 1. The molecule has 0 spiro atoms. The smallest absolute Gasteiger partial charge is 0.305 e. The Morgan fingerprint density at radius 3 is 2.92 bits per heavy atom. The van der Waals surface area contributed by atoms with E-state index in [1.807, 2.05) is 12.2 Å². The molecule has 1 unspecified atom stereocenters. The molecule has 0 aromatic heterocycles. The van der Waals surface area contributed by atoms with Crippen LogP contribution in [0.4, 0.5) is 0 Å². The Morgan fingerprint density at radius 2 is 2.42 bits per heavy atom. The molecule has 70 valence electrons. The molecule has 0 aliphatic heterocycles. The molecule has 0 radical (unpaired) electrons. The van der Waals surface area contributed by atoms with Crippen molar-refractivity contribution >= 4 is 12.4 Å². The normalized spacial score (nSPS) is 11.8. The minimum absolute atomic E-state index is 0.197. The van der Waals surface area contributed by atoms with Crippen molar-refractivity contribution in [2.75, 3.05) is 6.61 Å². The first-order valence-corrected chi connectivity index (χ1v) is 3.74. The molecule has 1 atom stereocenters. The standard InChI is InChI=1S/C7H13NO4/c1-2-3-7(11)12-4-6(10)8-5-9/h5-6,10H,2-4H2,1H3,(H,8,9). The number of nitrogens with one attached hydrogen (secondary N) is 1. The number of ether oxygens (including phenoxy) is 1. The molecule has 12 heavy (non-hydrogen) atoms. The summed E-state index contributed by atoms with van der Waals surface area (Å²) >= 11 is 0. The van der Waals surface area contributed by atoms with Crippen LogP contribution < -0.4 is 5.32 Å². The van der Waals surface area contributed by atoms with Gasteiger partial charge in [0.2, 0.25) is 6.41 Å². The lowest BCUT2D eigenvalue weighted by atomic mass is 10.3. The highest BCUT2D eigenvalue weighted by Crippen LogP contribution is 1.91. The second-order valence-electron chi connectivity index (χ2n) is 2.23. The lowest BCUT2D eigenvalue weighted by Gasteiger charge is -2.08. The average Bonchev–Trinajstić information content (AvgIpc) is 2.02. The molecule has 2 N–H and O–H groups in total. The van der Waals surface area contributed by atoms with Gasteiger partial charge < -0.3 is 15.2 Å². The second-order valence-corrected chi connectivity index (χ2v) is 2.23. The number of esters is 1. The topological polar surface area (TPSA) is 75.6 Å². The van der Waals surface area contributed by atoms with Crippen molar-refractivity contribution < 1.29 is 19.4 Å². The molecule has 5 heteroatoms. The zero-order valence-electron chi connectivity index (χ0n) is 6.95. The van der Waals surface area contributed by atoms with Gasteiger partial charge in [-0.3, -0.25) is 9.59 Å². The van der Waals surface area contributed by atoms with Crippen LogP contribution >= 0.6 is 0 Å². The second kappa shape index (κ2) is 6.60. The maximum atomic E-state index is 10.7. The van der Waals surface area contributed by atoms with Crippen LogP contribution in [0.5, 0.6) is 0 Å². The summed E-state index contributed by atoms with van der Waals surface area (Å²) in [5, 5.41) is 10.9. The fourth-order valence-corrected chi connectivity index (χ4v) is 0.575. The predicted molar refractivity (Wildman–Crippen MR) is 41.1 cm³/mol. The minimum atomic E-state index is -1.11. The largest absolute Gasteiger partial charge is 0.461 e. The molecule has 0 heterocycles. The summed E-state index contributed by atoms with van der Waals surface area (Å²) in [4.78, 5) is 20.5. The third-order valence-corrected chi connectivity index (χ3v) is 1.12. The number of amides is 1. The van der Waals surface area contributed by atoms with Gasteiger partial charge in [0.05, 0.1) is 0 Å². The number of hydrogen-bond acceptors (Lipinski definition) is 4. The van der Waals surface area contributed by atoms with Crippen LogP contribution in [0.2, 0.25) is 0 Å². The summed E-state index contributed by atoms with van der Waals surface area (Å²) in [7, 11) is 0. The van der Waals surface area contributed by atoms with E-state index in [1.54, 1.807) is 0 Å². The fraction of sp³-hybridized carbons (Fsp3) is 0.714. The van der Waals surface area contributed by atoms with Gasteiger partial charge in [0, 0.05) is 6.42 Å². The van der Waals surface area contributed by atoms with E-state index in [1.165, 1.54) is 0 Å². The maximum absolute atomic E-state index is 10.7. The molecule has 0 aliphatic rings. The van der Waals surface area contributed by atoms with E-state index in [0.717, 1.165) is 0 Å². The van der Waals surface area contributed by atoms with E-state index < -0.39 is 6.23 Å². The van der Waals surface area contributed by atoms with Gasteiger partial charge in [-0.25, -0.2) is 0 Å². The van der Waals surface area contributed by atoms with Gasteiger partial charge in [0.1, 0.15) is 6.61 Å². The molecule has 1 amide bonds. The lowest BCUT2D eigenvalue weighted by molar-refractivity contribution is -0.147. The van der Waals surface area contributed by atoms with E-state index in [-0.39, 0.29) is 12.6 Å². The molecule has 0 aromatic carbocycles. The molecule has 0 rings (SSSR count). The van der Waals surface area contributed by atoms with E-state index in [9.17, 15) is 9.59 Å². The lowest BCUT2D eigenvalue weighted by Crippen LogP contribution is -2.32. The zero-order valence-corrected chi connectivity index (χ0v) is 6.95. The van der Waals surface area contributed by atoms with Gasteiger partial charge in [-0.1, -0.05) is 6.92 Å². The van der Waals surface area contributed by atoms with Crippen LogP contribution in [-0.2, 0) is 14.3 Å². The summed E-state index contributed by atoms with van der Waals surface area (Å²) in [5.74, 6) is -0.371. The predicted octanol–water partition coefficient (Wildman–Crippen LogP) is -0.606. The first-order valence-electron chi connectivity index (χ1n) is 3.74. The first-order chi connectivity index (χ1) is 5.70. The Balaban J connectivity index is 3.39. The number of rotatable bonds is 6. The van der Waals surface area contributed by atoms with E-state index in [2.05, 4.69) is 4.74 Å². The van der Waals surface area contributed by atoms with Gasteiger partial charge >= 0.3 is 5.97 Å². The van der Waals surface area contributed by atoms with Crippen molar-refractivity contribution in [2.24, 2.45) is 0 Å². The van der Waals surface area contributed by atoms with Crippen molar-refractivity contribution in [3.05, 3.63) is 0 Å². The van der Waals surface area contributed by atoms with Crippen LogP contribution in [0.1, 0.15) is 19.8 Å². The van der Waals surface area contributed by atoms with Crippen molar-refractivity contribution in [1.82, 2.24) is 5.32 Å². The van der Waals surface area contributed by atoms with Gasteiger partial charge in [0.25, 0.3) is 0 Å². The van der Waals surface area contributed by atoms with Crippen LogP contribution in [0.3, 0.4) is 0 Å². The maximum Gasteiger partial charge on any atom is 0.305 e.